The maximum atomic E-state index is 9.32. The molecule has 0 heterocycles. The lowest BCUT2D eigenvalue weighted by Crippen LogP contribution is -1.90. The first-order valence-corrected chi connectivity index (χ1v) is 12.2. The van der Waals surface area contributed by atoms with Gasteiger partial charge in [-0.1, -0.05) is 116 Å². The van der Waals surface area contributed by atoms with Crippen LogP contribution in [-0.4, -0.2) is 5.11 Å². The molecule has 1 heteroatoms. The molecule has 0 bridgehead atoms. The summed E-state index contributed by atoms with van der Waals surface area (Å²) >= 11 is 0. The van der Waals surface area contributed by atoms with Gasteiger partial charge in [0.05, 0.1) is 0 Å². The van der Waals surface area contributed by atoms with E-state index in [0.717, 1.165) is 25.7 Å². The van der Waals surface area contributed by atoms with Crippen molar-refractivity contribution in [3.05, 3.63) is 89.5 Å². The van der Waals surface area contributed by atoms with E-state index >= 15 is 0 Å². The SMILES string of the molecule is CC.CC.CC.CCCc1ccc(-c2ccc(CCCc3ccc(O)cc3)cc2)cc1. The van der Waals surface area contributed by atoms with Crippen molar-refractivity contribution in [1.82, 2.24) is 0 Å². The van der Waals surface area contributed by atoms with Gasteiger partial charge in [0.25, 0.3) is 0 Å². The predicted molar refractivity (Wildman–Crippen MR) is 140 cm³/mol. The molecule has 0 aliphatic heterocycles. The summed E-state index contributed by atoms with van der Waals surface area (Å²) in [5, 5.41) is 9.32. The lowest BCUT2D eigenvalue weighted by atomic mass is 9.99. The van der Waals surface area contributed by atoms with Crippen LogP contribution in [0.1, 0.15) is 78.0 Å². The highest BCUT2D eigenvalue weighted by Crippen LogP contribution is 2.21. The first kappa shape index (κ1) is 28.5. The predicted octanol–water partition coefficient (Wildman–Crippen LogP) is 9.27. The summed E-state index contributed by atoms with van der Waals surface area (Å²) in [7, 11) is 0. The molecule has 0 aliphatic rings. The third kappa shape index (κ3) is 10.9. The van der Waals surface area contributed by atoms with Gasteiger partial charge in [-0.25, -0.2) is 0 Å². The Balaban J connectivity index is 0.00000138. The molecule has 170 valence electrons. The van der Waals surface area contributed by atoms with Crippen molar-refractivity contribution in [3.63, 3.8) is 0 Å². The summed E-state index contributed by atoms with van der Waals surface area (Å²) in [4.78, 5) is 0. The van der Waals surface area contributed by atoms with Crippen molar-refractivity contribution in [2.75, 3.05) is 0 Å². The van der Waals surface area contributed by atoms with E-state index in [9.17, 15) is 5.11 Å². The van der Waals surface area contributed by atoms with E-state index in [4.69, 9.17) is 0 Å². The molecule has 0 unspecified atom stereocenters. The van der Waals surface area contributed by atoms with Gasteiger partial charge < -0.3 is 5.11 Å². The van der Waals surface area contributed by atoms with Crippen LogP contribution in [0.2, 0.25) is 0 Å². The molecule has 3 rings (SSSR count). The lowest BCUT2D eigenvalue weighted by Gasteiger charge is -2.06. The van der Waals surface area contributed by atoms with Crippen LogP contribution in [0.5, 0.6) is 5.75 Å². The van der Waals surface area contributed by atoms with Crippen molar-refractivity contribution in [1.29, 1.82) is 0 Å². The van der Waals surface area contributed by atoms with Crippen molar-refractivity contribution < 1.29 is 5.11 Å². The fourth-order valence-electron chi connectivity index (χ4n) is 3.18. The van der Waals surface area contributed by atoms with Crippen LogP contribution in [0.25, 0.3) is 11.1 Å². The van der Waals surface area contributed by atoms with Crippen molar-refractivity contribution in [3.8, 4) is 16.9 Å². The van der Waals surface area contributed by atoms with Crippen molar-refractivity contribution in [2.24, 2.45) is 0 Å². The molecule has 3 aromatic rings. The maximum absolute atomic E-state index is 9.32. The van der Waals surface area contributed by atoms with Crippen LogP contribution in [0, 0.1) is 0 Å². The third-order valence-electron chi connectivity index (χ3n) is 4.65. The summed E-state index contributed by atoms with van der Waals surface area (Å²) in [6.07, 6.45) is 5.59. The summed E-state index contributed by atoms with van der Waals surface area (Å²) in [6, 6.07) is 25.4. The molecule has 0 amide bonds. The minimum Gasteiger partial charge on any atom is -0.508 e. The Hall–Kier alpha value is -2.54. The molecule has 0 fully saturated rings. The largest absolute Gasteiger partial charge is 0.508 e. The van der Waals surface area contributed by atoms with E-state index in [1.54, 1.807) is 12.1 Å². The maximum Gasteiger partial charge on any atom is 0.115 e. The summed E-state index contributed by atoms with van der Waals surface area (Å²) in [6.45, 7) is 14.2. The first-order chi connectivity index (χ1) is 15.2. The molecule has 31 heavy (non-hydrogen) atoms. The van der Waals surface area contributed by atoms with E-state index < -0.39 is 0 Å². The first-order valence-electron chi connectivity index (χ1n) is 12.2. The Morgan fingerprint density at radius 1 is 0.484 bits per heavy atom. The lowest BCUT2D eigenvalue weighted by molar-refractivity contribution is 0.475. The zero-order valence-electron chi connectivity index (χ0n) is 20.9. The number of phenolic OH excluding ortho intramolecular Hbond substituents is 1. The number of aromatic hydroxyl groups is 1. The molecule has 1 nitrogen and oxygen atoms in total. The molecular formula is C30H44O. The van der Waals surface area contributed by atoms with Crippen molar-refractivity contribution >= 4 is 0 Å². The van der Waals surface area contributed by atoms with Crippen LogP contribution < -0.4 is 0 Å². The Bertz CT molecular complexity index is 768. The van der Waals surface area contributed by atoms with E-state index in [2.05, 4.69) is 55.5 Å². The minimum atomic E-state index is 0.335. The van der Waals surface area contributed by atoms with Crippen LogP contribution in [-0.2, 0) is 19.3 Å². The van der Waals surface area contributed by atoms with Crippen LogP contribution >= 0.6 is 0 Å². The van der Waals surface area contributed by atoms with E-state index in [-0.39, 0.29) is 0 Å². The molecule has 0 saturated carbocycles. The van der Waals surface area contributed by atoms with Gasteiger partial charge in [0.15, 0.2) is 0 Å². The van der Waals surface area contributed by atoms with Gasteiger partial charge >= 0.3 is 0 Å². The molecule has 0 atom stereocenters. The molecule has 0 saturated heterocycles. The highest BCUT2D eigenvalue weighted by molar-refractivity contribution is 5.64. The Kier molecular flexibility index (Phi) is 16.8. The topological polar surface area (TPSA) is 20.2 Å². The zero-order chi connectivity index (χ0) is 23.5. The Labute approximate surface area is 192 Å². The average Bonchev–Trinajstić information content (AvgIpc) is 2.85. The molecule has 1 N–H and O–H groups in total. The number of hydrogen-bond donors (Lipinski definition) is 1. The summed E-state index contributed by atoms with van der Waals surface area (Å²) in [5.41, 5.74) is 6.64. The number of aryl methyl sites for hydroxylation is 3. The second-order valence-corrected chi connectivity index (χ2v) is 6.66. The fourth-order valence-corrected chi connectivity index (χ4v) is 3.18. The van der Waals surface area contributed by atoms with Gasteiger partial charge in [-0.15, -0.1) is 0 Å². The van der Waals surface area contributed by atoms with Gasteiger partial charge in [0.2, 0.25) is 0 Å². The van der Waals surface area contributed by atoms with E-state index in [0.29, 0.717) is 5.75 Å². The number of rotatable bonds is 7. The van der Waals surface area contributed by atoms with Gasteiger partial charge in [0, 0.05) is 0 Å². The van der Waals surface area contributed by atoms with Gasteiger partial charge in [-0.05, 0) is 65.6 Å². The van der Waals surface area contributed by atoms with Gasteiger partial charge in [-0.3, -0.25) is 0 Å². The Morgan fingerprint density at radius 3 is 1.16 bits per heavy atom. The monoisotopic (exact) mass is 420 g/mol. The molecule has 0 spiro atoms. The highest BCUT2D eigenvalue weighted by Gasteiger charge is 2.00. The zero-order valence-corrected chi connectivity index (χ0v) is 20.9. The smallest absolute Gasteiger partial charge is 0.115 e. The van der Waals surface area contributed by atoms with E-state index in [1.807, 2.05) is 53.7 Å². The molecule has 0 aromatic heterocycles. The molecular weight excluding hydrogens is 376 g/mol. The van der Waals surface area contributed by atoms with E-state index in [1.165, 1.54) is 34.2 Å². The second-order valence-electron chi connectivity index (χ2n) is 6.66. The fraction of sp³-hybridized carbons (Fsp3) is 0.400. The Morgan fingerprint density at radius 2 is 0.806 bits per heavy atom. The molecule has 0 radical (unpaired) electrons. The average molecular weight is 421 g/mol. The quantitative estimate of drug-likeness (QED) is 0.404. The third-order valence-corrected chi connectivity index (χ3v) is 4.65. The summed E-state index contributed by atoms with van der Waals surface area (Å²) < 4.78 is 0. The van der Waals surface area contributed by atoms with Crippen LogP contribution in [0.4, 0.5) is 0 Å². The summed E-state index contributed by atoms with van der Waals surface area (Å²) in [5.74, 6) is 0.335. The number of benzene rings is 3. The van der Waals surface area contributed by atoms with Crippen LogP contribution in [0.15, 0.2) is 72.8 Å². The molecule has 3 aromatic carbocycles. The molecule has 0 aliphatic carbocycles. The van der Waals surface area contributed by atoms with Crippen molar-refractivity contribution in [2.45, 2.75) is 80.6 Å². The normalized spacial score (nSPS) is 9.26. The highest BCUT2D eigenvalue weighted by atomic mass is 16.3. The van der Waals surface area contributed by atoms with Crippen LogP contribution in [0.3, 0.4) is 0 Å². The number of phenols is 1. The second kappa shape index (κ2) is 18.2. The number of hydrogen-bond acceptors (Lipinski definition) is 1. The minimum absolute atomic E-state index is 0.335. The van der Waals surface area contributed by atoms with Gasteiger partial charge in [0.1, 0.15) is 5.75 Å². The standard InChI is InChI=1S/C24H26O.3C2H6/c1-2-4-19-7-13-22(14-8-19)23-15-9-20(10-16-23)5-3-6-21-11-17-24(25)18-12-21;3*1-2/h7-18,25H,2-6H2,1H3;3*1-2H3. The van der Waals surface area contributed by atoms with Gasteiger partial charge in [-0.2, -0.15) is 0 Å².